The van der Waals surface area contributed by atoms with Crippen LogP contribution in [0, 0.1) is 0 Å². The highest BCUT2D eigenvalue weighted by Gasteiger charge is 2.45. The van der Waals surface area contributed by atoms with Gasteiger partial charge in [-0.05, 0) is 44.9 Å². The Balaban J connectivity index is 1.60. The fraction of sp³-hybridized carbons (Fsp3) is 0.579. The molecule has 1 aliphatic heterocycles. The molecule has 4 atom stereocenters. The second kappa shape index (κ2) is 7.06. The molecule has 1 aliphatic carbocycles. The molecule has 7 heteroatoms. The van der Waals surface area contributed by atoms with Crippen molar-refractivity contribution >= 4 is 23.6 Å². The molecule has 1 saturated heterocycles. The Morgan fingerprint density at radius 2 is 1.88 bits per heavy atom. The average molecular weight is 383 g/mol. The van der Waals surface area contributed by atoms with E-state index in [4.69, 9.17) is 16.3 Å². The molecule has 2 fully saturated rings. The van der Waals surface area contributed by atoms with E-state index in [1.165, 1.54) is 4.90 Å². The van der Waals surface area contributed by atoms with Gasteiger partial charge in [-0.1, -0.05) is 23.7 Å². The second-order valence-electron chi connectivity index (χ2n) is 7.99. The van der Waals surface area contributed by atoms with Crippen molar-refractivity contribution in [1.82, 2.24) is 10.2 Å². The zero-order chi connectivity index (χ0) is 19.1. The van der Waals surface area contributed by atoms with Crippen LogP contribution >= 0.6 is 11.6 Å². The number of amides is 2. The van der Waals surface area contributed by atoms with Crippen LogP contribution in [0.5, 0.6) is 0 Å². The molecule has 0 unspecified atom stereocenters. The maximum Gasteiger partial charge on any atom is 0.411 e. The number of likely N-dealkylation sites (tertiary alicyclic amines) is 1. The van der Waals surface area contributed by atoms with Crippen LogP contribution in [0.25, 0.3) is 0 Å². The minimum Gasteiger partial charge on any atom is -0.444 e. The van der Waals surface area contributed by atoms with Gasteiger partial charge in [-0.3, -0.25) is 9.69 Å². The maximum absolute atomic E-state index is 13.9. The van der Waals surface area contributed by atoms with E-state index < -0.39 is 23.9 Å². The predicted octanol–water partition coefficient (Wildman–Crippen LogP) is 3.66. The standard InChI is InChI=1S/C19H24ClFN2O3/c1-19(2,3)26-18(25)23-10-13(21)8-16(23)17(24)22-15-9-14(15)11-4-6-12(20)7-5-11/h4-7,13-16H,8-10H2,1-3H3,(H,22,24)/t13-,14-,15+,16+/m1/s1. The Kier molecular flexibility index (Phi) is 5.15. The summed E-state index contributed by atoms with van der Waals surface area (Å²) in [6, 6.07) is 6.71. The van der Waals surface area contributed by atoms with Crippen molar-refractivity contribution in [3.8, 4) is 0 Å². The van der Waals surface area contributed by atoms with Crippen molar-refractivity contribution in [2.45, 2.75) is 63.4 Å². The molecule has 1 aromatic carbocycles. The van der Waals surface area contributed by atoms with Gasteiger partial charge in [-0.15, -0.1) is 0 Å². The summed E-state index contributed by atoms with van der Waals surface area (Å²) in [6.07, 6.45) is -1.04. The van der Waals surface area contributed by atoms with E-state index in [1.807, 2.05) is 24.3 Å². The lowest BCUT2D eigenvalue weighted by Crippen LogP contribution is -2.48. The first kappa shape index (κ1) is 19.0. The Hall–Kier alpha value is -1.82. The number of ether oxygens (including phenoxy) is 1. The first-order valence-electron chi connectivity index (χ1n) is 8.83. The molecule has 0 radical (unpaired) electrons. The molecule has 142 valence electrons. The first-order chi connectivity index (χ1) is 12.1. The number of carbonyl (C=O) groups excluding carboxylic acids is 2. The van der Waals surface area contributed by atoms with Crippen LogP contribution in [-0.2, 0) is 9.53 Å². The van der Waals surface area contributed by atoms with E-state index in [0.29, 0.717) is 5.02 Å². The summed E-state index contributed by atoms with van der Waals surface area (Å²) in [4.78, 5) is 26.1. The quantitative estimate of drug-likeness (QED) is 0.867. The lowest BCUT2D eigenvalue weighted by Gasteiger charge is -2.27. The summed E-state index contributed by atoms with van der Waals surface area (Å²) in [5.74, 6) is -0.0914. The Morgan fingerprint density at radius 1 is 1.23 bits per heavy atom. The monoisotopic (exact) mass is 382 g/mol. The van der Waals surface area contributed by atoms with Gasteiger partial charge in [0.15, 0.2) is 0 Å². The third-order valence-electron chi connectivity index (χ3n) is 4.60. The Labute approximate surface area is 157 Å². The van der Waals surface area contributed by atoms with E-state index in [-0.39, 0.29) is 30.8 Å². The van der Waals surface area contributed by atoms with E-state index in [0.717, 1.165) is 12.0 Å². The number of rotatable bonds is 3. The van der Waals surface area contributed by atoms with Crippen LogP contribution in [0.15, 0.2) is 24.3 Å². The number of benzene rings is 1. The zero-order valence-corrected chi connectivity index (χ0v) is 15.9. The third-order valence-corrected chi connectivity index (χ3v) is 4.85. The fourth-order valence-corrected chi connectivity index (χ4v) is 3.39. The van der Waals surface area contributed by atoms with Gasteiger partial charge in [-0.25, -0.2) is 9.18 Å². The molecule has 0 bridgehead atoms. The number of hydrogen-bond acceptors (Lipinski definition) is 3. The van der Waals surface area contributed by atoms with E-state index >= 15 is 0 Å². The number of halogens is 2. The molecule has 3 rings (SSSR count). The molecular formula is C19H24ClFN2O3. The molecule has 2 aliphatic rings. The lowest BCUT2D eigenvalue weighted by molar-refractivity contribution is -0.125. The van der Waals surface area contributed by atoms with Crippen LogP contribution in [0.4, 0.5) is 9.18 Å². The van der Waals surface area contributed by atoms with Gasteiger partial charge in [0.25, 0.3) is 0 Å². The zero-order valence-electron chi connectivity index (χ0n) is 15.2. The van der Waals surface area contributed by atoms with Crippen LogP contribution in [0.3, 0.4) is 0 Å². The van der Waals surface area contributed by atoms with Gasteiger partial charge in [0.1, 0.15) is 17.8 Å². The van der Waals surface area contributed by atoms with Gasteiger partial charge < -0.3 is 10.1 Å². The second-order valence-corrected chi connectivity index (χ2v) is 8.43. The molecule has 0 spiro atoms. The van der Waals surface area contributed by atoms with E-state index in [9.17, 15) is 14.0 Å². The summed E-state index contributed by atoms with van der Waals surface area (Å²) in [7, 11) is 0. The smallest absolute Gasteiger partial charge is 0.411 e. The average Bonchev–Trinajstić information content (AvgIpc) is 3.17. The first-order valence-corrected chi connectivity index (χ1v) is 9.21. The minimum absolute atomic E-state index is 0.00261. The Morgan fingerprint density at radius 3 is 2.50 bits per heavy atom. The van der Waals surface area contributed by atoms with Crippen LogP contribution < -0.4 is 5.32 Å². The topological polar surface area (TPSA) is 58.6 Å². The highest BCUT2D eigenvalue weighted by molar-refractivity contribution is 6.30. The summed E-state index contributed by atoms with van der Waals surface area (Å²) in [5, 5.41) is 3.61. The SMILES string of the molecule is CC(C)(C)OC(=O)N1C[C@H](F)C[C@H]1C(=O)N[C@H]1C[C@@H]1c1ccc(Cl)cc1. The van der Waals surface area contributed by atoms with E-state index in [2.05, 4.69) is 5.32 Å². The summed E-state index contributed by atoms with van der Waals surface area (Å²) in [6.45, 7) is 5.11. The highest BCUT2D eigenvalue weighted by atomic mass is 35.5. The van der Waals surface area contributed by atoms with Crippen molar-refractivity contribution in [3.63, 3.8) is 0 Å². The van der Waals surface area contributed by atoms with Gasteiger partial charge in [0.05, 0.1) is 6.54 Å². The van der Waals surface area contributed by atoms with Gasteiger partial charge in [-0.2, -0.15) is 0 Å². The number of alkyl halides is 1. The number of nitrogens with one attached hydrogen (secondary N) is 1. The van der Waals surface area contributed by atoms with Crippen LogP contribution in [0.1, 0.15) is 45.1 Å². The van der Waals surface area contributed by atoms with Crippen LogP contribution in [0.2, 0.25) is 5.02 Å². The number of carbonyl (C=O) groups is 2. The molecule has 5 nitrogen and oxygen atoms in total. The predicted molar refractivity (Wildman–Crippen MR) is 97.0 cm³/mol. The molecule has 1 heterocycles. The van der Waals surface area contributed by atoms with Crippen LogP contribution in [-0.4, -0.2) is 47.3 Å². The van der Waals surface area contributed by atoms with Crippen molar-refractivity contribution < 1.29 is 18.7 Å². The van der Waals surface area contributed by atoms with Crippen molar-refractivity contribution in [2.75, 3.05) is 6.54 Å². The molecule has 1 N–H and O–H groups in total. The van der Waals surface area contributed by atoms with E-state index in [1.54, 1.807) is 20.8 Å². The molecule has 0 aromatic heterocycles. The molecule has 1 saturated carbocycles. The van der Waals surface area contributed by atoms with Gasteiger partial charge >= 0.3 is 6.09 Å². The molecule has 26 heavy (non-hydrogen) atoms. The minimum atomic E-state index is -1.22. The third kappa shape index (κ3) is 4.47. The molecule has 2 amide bonds. The summed E-state index contributed by atoms with van der Waals surface area (Å²) >= 11 is 5.89. The van der Waals surface area contributed by atoms with Crippen molar-refractivity contribution in [2.24, 2.45) is 0 Å². The van der Waals surface area contributed by atoms with Gasteiger partial charge in [0, 0.05) is 23.4 Å². The van der Waals surface area contributed by atoms with Crippen molar-refractivity contribution in [3.05, 3.63) is 34.9 Å². The largest absolute Gasteiger partial charge is 0.444 e. The normalized spacial score (nSPS) is 28.0. The van der Waals surface area contributed by atoms with Crippen molar-refractivity contribution in [1.29, 1.82) is 0 Å². The Bertz CT molecular complexity index is 689. The fourth-order valence-electron chi connectivity index (χ4n) is 3.27. The molecule has 1 aromatic rings. The number of hydrogen-bond donors (Lipinski definition) is 1. The maximum atomic E-state index is 13.9. The highest BCUT2D eigenvalue weighted by Crippen LogP contribution is 2.41. The number of nitrogens with zero attached hydrogens (tertiary/aromatic N) is 1. The summed E-state index contributed by atoms with van der Waals surface area (Å²) < 4.78 is 19.2. The summed E-state index contributed by atoms with van der Waals surface area (Å²) in [5.41, 5.74) is 0.418. The molecular weight excluding hydrogens is 359 g/mol. The van der Waals surface area contributed by atoms with Gasteiger partial charge in [0.2, 0.25) is 5.91 Å². The lowest BCUT2D eigenvalue weighted by atomic mass is 10.1.